The molecule has 0 fully saturated rings. The summed E-state index contributed by atoms with van der Waals surface area (Å²) in [4.78, 5) is 0. The topological polar surface area (TPSA) is 21.3 Å². The van der Waals surface area contributed by atoms with Gasteiger partial charge >= 0.3 is 0 Å². The largest absolute Gasteiger partial charge is 0.491 e. The zero-order chi connectivity index (χ0) is 12.4. The first-order chi connectivity index (χ1) is 7.63. The lowest BCUT2D eigenvalue weighted by molar-refractivity contribution is 0.113. The molecule has 1 atom stereocenters. The van der Waals surface area contributed by atoms with Crippen LogP contribution in [0.2, 0.25) is 0 Å². The molecule has 0 aliphatic rings. The van der Waals surface area contributed by atoms with Gasteiger partial charge in [0, 0.05) is 0 Å². The highest BCUT2D eigenvalue weighted by Crippen LogP contribution is 2.11. The van der Waals surface area contributed by atoms with Gasteiger partial charge in [0.2, 0.25) is 0 Å². The van der Waals surface area contributed by atoms with Crippen LogP contribution in [0.1, 0.15) is 33.6 Å². The van der Waals surface area contributed by atoms with Crippen molar-refractivity contribution >= 4 is 0 Å². The molecular weight excluding hydrogens is 198 g/mol. The fraction of sp³-hybridized carbons (Fsp3) is 0.571. The Bertz CT molecular complexity index is 253. The molecule has 0 saturated heterocycles. The molecule has 0 rings (SSSR count). The van der Waals surface area contributed by atoms with E-state index in [1.807, 2.05) is 39.1 Å². The Morgan fingerprint density at radius 2 is 2.12 bits per heavy atom. The second-order valence-electron chi connectivity index (χ2n) is 3.91. The van der Waals surface area contributed by atoms with Crippen molar-refractivity contribution in [3.8, 4) is 0 Å². The molecule has 0 radical (unpaired) electrons. The minimum atomic E-state index is 0.286. The Morgan fingerprint density at radius 3 is 2.56 bits per heavy atom. The highest BCUT2D eigenvalue weighted by molar-refractivity contribution is 5.21. The summed E-state index contributed by atoms with van der Waals surface area (Å²) in [5, 5.41) is 3.14. The van der Waals surface area contributed by atoms with Crippen LogP contribution < -0.4 is 5.32 Å². The van der Waals surface area contributed by atoms with Crippen LogP contribution in [0.4, 0.5) is 0 Å². The summed E-state index contributed by atoms with van der Waals surface area (Å²) in [7, 11) is 1.96. The normalized spacial score (nSPS) is 14.1. The van der Waals surface area contributed by atoms with Crippen molar-refractivity contribution in [2.45, 2.75) is 39.7 Å². The summed E-state index contributed by atoms with van der Waals surface area (Å²) in [6, 6.07) is 0. The van der Waals surface area contributed by atoms with Gasteiger partial charge in [-0.15, -0.1) is 0 Å². The highest BCUT2D eigenvalue weighted by atomic mass is 16.5. The molecule has 0 bridgehead atoms. The van der Waals surface area contributed by atoms with Gasteiger partial charge < -0.3 is 10.1 Å². The molecule has 16 heavy (non-hydrogen) atoms. The summed E-state index contributed by atoms with van der Waals surface area (Å²) in [5.41, 5.74) is 1.03. The molecule has 0 saturated carbocycles. The lowest BCUT2D eigenvalue weighted by Crippen LogP contribution is -2.18. The van der Waals surface area contributed by atoms with Crippen LogP contribution in [-0.4, -0.2) is 19.7 Å². The predicted octanol–water partition coefficient (Wildman–Crippen LogP) is 3.43. The molecule has 0 aromatic carbocycles. The van der Waals surface area contributed by atoms with Crippen molar-refractivity contribution in [1.82, 2.24) is 5.32 Å². The SMILES string of the molecule is C=C(C)/C=C\C(=C/C)OC(CC)CCNC. The van der Waals surface area contributed by atoms with Crippen LogP contribution in [0.5, 0.6) is 0 Å². The van der Waals surface area contributed by atoms with Gasteiger partial charge in [0.25, 0.3) is 0 Å². The van der Waals surface area contributed by atoms with Crippen LogP contribution in [0.3, 0.4) is 0 Å². The molecule has 0 aliphatic carbocycles. The lowest BCUT2D eigenvalue weighted by atomic mass is 10.2. The van der Waals surface area contributed by atoms with E-state index in [-0.39, 0.29) is 6.10 Å². The maximum atomic E-state index is 5.89. The second-order valence-corrected chi connectivity index (χ2v) is 3.91. The standard InChI is InChI=1S/C14H25NO/c1-6-13(9-8-12(3)4)16-14(7-2)10-11-15-5/h6,8-9,14-15H,3,7,10-11H2,1-2,4-5H3/b9-8-,13-6+. The molecule has 0 aromatic heterocycles. The summed E-state index contributed by atoms with van der Waals surface area (Å²) < 4.78 is 5.89. The summed E-state index contributed by atoms with van der Waals surface area (Å²) in [5.74, 6) is 0.922. The van der Waals surface area contributed by atoms with Gasteiger partial charge in [-0.3, -0.25) is 0 Å². The minimum Gasteiger partial charge on any atom is -0.491 e. The molecule has 1 N–H and O–H groups in total. The molecular formula is C14H25NO. The smallest absolute Gasteiger partial charge is 0.115 e. The summed E-state index contributed by atoms with van der Waals surface area (Å²) >= 11 is 0. The Hall–Kier alpha value is -1.02. The van der Waals surface area contributed by atoms with Crippen LogP contribution in [0.25, 0.3) is 0 Å². The third-order valence-corrected chi connectivity index (χ3v) is 2.29. The number of ether oxygens (including phenoxy) is 1. The van der Waals surface area contributed by atoms with Gasteiger partial charge in [-0.1, -0.05) is 25.2 Å². The first-order valence-electron chi connectivity index (χ1n) is 5.95. The zero-order valence-electron chi connectivity index (χ0n) is 11.0. The van der Waals surface area contributed by atoms with Crippen molar-refractivity contribution in [2.75, 3.05) is 13.6 Å². The number of hydrogen-bond acceptors (Lipinski definition) is 2. The predicted molar refractivity (Wildman–Crippen MR) is 71.4 cm³/mol. The van der Waals surface area contributed by atoms with Gasteiger partial charge in [0.05, 0.1) is 6.10 Å². The number of allylic oxidation sites excluding steroid dienone is 4. The van der Waals surface area contributed by atoms with Gasteiger partial charge in [-0.25, -0.2) is 0 Å². The van der Waals surface area contributed by atoms with Crippen LogP contribution in [-0.2, 0) is 4.74 Å². The van der Waals surface area contributed by atoms with E-state index in [0.29, 0.717) is 0 Å². The minimum absolute atomic E-state index is 0.286. The molecule has 0 amide bonds. The molecule has 0 spiro atoms. The average Bonchev–Trinajstić information content (AvgIpc) is 2.28. The van der Waals surface area contributed by atoms with Crippen molar-refractivity contribution in [3.05, 3.63) is 36.1 Å². The van der Waals surface area contributed by atoms with Crippen LogP contribution in [0.15, 0.2) is 36.1 Å². The fourth-order valence-electron chi connectivity index (χ4n) is 1.27. The number of hydrogen-bond donors (Lipinski definition) is 1. The van der Waals surface area contributed by atoms with E-state index in [1.54, 1.807) is 0 Å². The van der Waals surface area contributed by atoms with Crippen molar-refractivity contribution in [2.24, 2.45) is 0 Å². The molecule has 0 aromatic rings. The third-order valence-electron chi connectivity index (χ3n) is 2.29. The fourth-order valence-corrected chi connectivity index (χ4v) is 1.27. The van der Waals surface area contributed by atoms with Gasteiger partial charge in [-0.05, 0) is 52.4 Å². The van der Waals surface area contributed by atoms with E-state index in [0.717, 1.165) is 30.7 Å². The van der Waals surface area contributed by atoms with E-state index >= 15 is 0 Å². The molecule has 92 valence electrons. The monoisotopic (exact) mass is 223 g/mol. The van der Waals surface area contributed by atoms with E-state index < -0.39 is 0 Å². The first kappa shape index (κ1) is 15.0. The zero-order valence-corrected chi connectivity index (χ0v) is 11.0. The molecule has 0 aliphatic heterocycles. The summed E-state index contributed by atoms with van der Waals surface area (Å²) in [6.07, 6.45) is 8.28. The Balaban J connectivity index is 4.23. The van der Waals surface area contributed by atoms with Crippen LogP contribution in [0, 0.1) is 0 Å². The summed E-state index contributed by atoms with van der Waals surface area (Å²) in [6.45, 7) is 10.9. The Kier molecular flexibility index (Phi) is 8.64. The quantitative estimate of drug-likeness (QED) is 0.503. The van der Waals surface area contributed by atoms with Gasteiger partial charge in [-0.2, -0.15) is 0 Å². The van der Waals surface area contributed by atoms with Crippen molar-refractivity contribution in [1.29, 1.82) is 0 Å². The Labute approximate surface area is 100 Å². The van der Waals surface area contributed by atoms with E-state index in [9.17, 15) is 0 Å². The van der Waals surface area contributed by atoms with Crippen molar-refractivity contribution < 1.29 is 4.74 Å². The number of rotatable bonds is 8. The number of nitrogens with one attached hydrogen (secondary N) is 1. The molecule has 2 nitrogen and oxygen atoms in total. The van der Waals surface area contributed by atoms with Crippen LogP contribution >= 0.6 is 0 Å². The van der Waals surface area contributed by atoms with E-state index in [4.69, 9.17) is 4.74 Å². The highest BCUT2D eigenvalue weighted by Gasteiger charge is 2.07. The van der Waals surface area contributed by atoms with E-state index in [1.165, 1.54) is 0 Å². The third kappa shape index (κ3) is 7.30. The van der Waals surface area contributed by atoms with Crippen molar-refractivity contribution in [3.63, 3.8) is 0 Å². The molecule has 2 heteroatoms. The Morgan fingerprint density at radius 1 is 1.44 bits per heavy atom. The lowest BCUT2D eigenvalue weighted by Gasteiger charge is -2.18. The average molecular weight is 223 g/mol. The first-order valence-corrected chi connectivity index (χ1v) is 5.95. The second kappa shape index (κ2) is 9.22. The molecule has 1 unspecified atom stereocenters. The van der Waals surface area contributed by atoms with Gasteiger partial charge in [0.15, 0.2) is 0 Å². The maximum absolute atomic E-state index is 5.89. The molecule has 0 heterocycles. The van der Waals surface area contributed by atoms with Gasteiger partial charge in [0.1, 0.15) is 5.76 Å². The maximum Gasteiger partial charge on any atom is 0.115 e. The van der Waals surface area contributed by atoms with E-state index in [2.05, 4.69) is 18.8 Å².